The smallest absolute Gasteiger partial charge is 0.319 e. The molecule has 0 saturated heterocycles. The number of nitrogens with zero attached hydrogens (tertiary/aromatic N) is 1. The van der Waals surface area contributed by atoms with Crippen LogP contribution in [-0.4, -0.2) is 20.4 Å². The van der Waals surface area contributed by atoms with Gasteiger partial charge in [0.25, 0.3) is 5.69 Å². The van der Waals surface area contributed by atoms with Gasteiger partial charge in [0.15, 0.2) is 0 Å². The molecule has 1 aliphatic rings. The van der Waals surface area contributed by atoms with E-state index in [0.717, 1.165) is 24.2 Å². The topological polar surface area (TPSA) is 61.6 Å². The van der Waals surface area contributed by atoms with Crippen LogP contribution in [0.5, 0.6) is 0 Å². The molecule has 34 heavy (non-hydrogen) atoms. The van der Waals surface area contributed by atoms with Crippen molar-refractivity contribution >= 4 is 24.4 Å². The van der Waals surface area contributed by atoms with Gasteiger partial charge in [-0.3, -0.25) is 10.1 Å². The Morgan fingerprint density at radius 2 is 1.41 bits per heavy atom. The third-order valence-corrected chi connectivity index (χ3v) is 11.7. The second-order valence-corrected chi connectivity index (χ2v) is 13.9. The van der Waals surface area contributed by atoms with Crippen molar-refractivity contribution in [3.05, 3.63) is 112 Å². The lowest BCUT2D eigenvalue weighted by Gasteiger charge is -2.46. The van der Waals surface area contributed by atoms with Gasteiger partial charge in [0.2, 0.25) is 0 Å². The van der Waals surface area contributed by atoms with E-state index in [9.17, 15) is 10.1 Å². The first-order valence-electron chi connectivity index (χ1n) is 11.6. The quantitative estimate of drug-likeness (QED) is 0.251. The Morgan fingerprint density at radius 3 is 1.85 bits per heavy atom. The van der Waals surface area contributed by atoms with Gasteiger partial charge in [-0.25, -0.2) is 0 Å². The molecule has 5 nitrogen and oxygen atoms in total. The molecular formula is C28H31NO4Si. The number of nitro benzene ring substituents is 1. The summed E-state index contributed by atoms with van der Waals surface area (Å²) in [4.78, 5) is 10.8. The number of non-ortho nitro benzene ring substituents is 1. The number of allylic oxidation sites excluding steroid dienone is 1. The van der Waals surface area contributed by atoms with Crippen LogP contribution < -0.4 is 10.4 Å². The van der Waals surface area contributed by atoms with Crippen LogP contribution in [0, 0.1) is 10.1 Å². The monoisotopic (exact) mass is 473 g/mol. The SMILES string of the molecule is COC1(c2ccc([N+](=O)[O-])cc2)CCC=C1O[Si](c1ccccc1)(c1ccccc1)C(C)(C)C. The minimum Gasteiger partial charge on any atom is -0.535 e. The molecule has 0 radical (unpaired) electrons. The van der Waals surface area contributed by atoms with Crippen molar-refractivity contribution in [1.82, 2.24) is 0 Å². The Hall–Kier alpha value is -3.22. The molecule has 3 aromatic carbocycles. The molecule has 0 bridgehead atoms. The molecule has 0 fully saturated rings. The van der Waals surface area contributed by atoms with Gasteiger partial charge in [0.05, 0.1) is 4.92 Å². The first-order chi connectivity index (χ1) is 16.2. The van der Waals surface area contributed by atoms with Gasteiger partial charge in [0.1, 0.15) is 11.4 Å². The molecule has 0 saturated carbocycles. The molecule has 0 amide bonds. The largest absolute Gasteiger partial charge is 0.535 e. The first kappa shape index (κ1) is 23.9. The standard InChI is InChI=1S/C28H31NO4Si/c1-27(2,3)34(24-12-7-5-8-13-24,25-14-9-6-10-15-25)33-26-16-11-21-28(26,32-4)22-17-19-23(20-18-22)29(30)31/h5-10,12-20H,11,21H2,1-4H3. The van der Waals surface area contributed by atoms with Crippen molar-refractivity contribution in [1.29, 1.82) is 0 Å². The van der Waals surface area contributed by atoms with E-state index in [0.29, 0.717) is 0 Å². The van der Waals surface area contributed by atoms with Gasteiger partial charge < -0.3 is 9.16 Å². The molecule has 0 aliphatic heterocycles. The highest BCUT2D eigenvalue weighted by atomic mass is 28.4. The van der Waals surface area contributed by atoms with Gasteiger partial charge in [0, 0.05) is 19.2 Å². The first-order valence-corrected chi connectivity index (χ1v) is 13.5. The molecule has 0 spiro atoms. The Kier molecular flexibility index (Phi) is 6.47. The number of ether oxygens (including phenoxy) is 1. The van der Waals surface area contributed by atoms with Crippen LogP contribution in [-0.2, 0) is 14.8 Å². The number of benzene rings is 3. The summed E-state index contributed by atoms with van der Waals surface area (Å²) in [6.07, 6.45) is 3.65. The number of rotatable bonds is 7. The second kappa shape index (κ2) is 9.20. The predicted octanol–water partition coefficient (Wildman–Crippen LogP) is 5.69. The van der Waals surface area contributed by atoms with Gasteiger partial charge in [-0.05, 0) is 52.0 Å². The third-order valence-electron chi connectivity index (χ3n) is 6.80. The molecular weight excluding hydrogens is 442 g/mol. The van der Waals surface area contributed by atoms with Gasteiger partial charge in [-0.1, -0.05) is 81.4 Å². The summed E-state index contributed by atoms with van der Waals surface area (Å²) >= 11 is 0. The molecule has 176 valence electrons. The zero-order valence-electron chi connectivity index (χ0n) is 20.2. The fraction of sp³-hybridized carbons (Fsp3) is 0.286. The third kappa shape index (κ3) is 3.97. The minimum absolute atomic E-state index is 0.0615. The summed E-state index contributed by atoms with van der Waals surface area (Å²) in [5.41, 5.74) is 0.135. The minimum atomic E-state index is -2.84. The lowest BCUT2D eigenvalue weighted by atomic mass is 9.91. The number of hydrogen-bond donors (Lipinski definition) is 0. The maximum atomic E-state index is 11.2. The van der Waals surface area contributed by atoms with Crippen LogP contribution in [0.4, 0.5) is 5.69 Å². The second-order valence-electron chi connectivity index (χ2n) is 9.71. The lowest BCUT2D eigenvalue weighted by Crippen LogP contribution is -2.67. The van der Waals surface area contributed by atoms with Crippen molar-refractivity contribution in [3.8, 4) is 0 Å². The molecule has 1 aliphatic carbocycles. The highest BCUT2D eigenvalue weighted by Crippen LogP contribution is 2.47. The molecule has 0 N–H and O–H groups in total. The van der Waals surface area contributed by atoms with Crippen molar-refractivity contribution in [3.63, 3.8) is 0 Å². The average Bonchev–Trinajstić information content (AvgIpc) is 3.26. The molecule has 6 heteroatoms. The normalized spacial score (nSPS) is 18.4. The molecule has 0 aromatic heterocycles. The molecule has 4 rings (SSSR count). The summed E-state index contributed by atoms with van der Waals surface area (Å²) in [6.45, 7) is 6.74. The Morgan fingerprint density at radius 1 is 0.882 bits per heavy atom. The molecule has 0 heterocycles. The van der Waals surface area contributed by atoms with E-state index < -0.39 is 13.9 Å². The molecule has 3 aromatic rings. The van der Waals surface area contributed by atoms with Crippen LogP contribution in [0.15, 0.2) is 96.8 Å². The summed E-state index contributed by atoms with van der Waals surface area (Å²) in [5, 5.41) is 13.4. The van der Waals surface area contributed by atoms with E-state index in [1.807, 2.05) is 12.1 Å². The van der Waals surface area contributed by atoms with E-state index in [-0.39, 0.29) is 15.6 Å². The van der Waals surface area contributed by atoms with E-state index in [4.69, 9.17) is 9.16 Å². The van der Waals surface area contributed by atoms with Crippen LogP contribution in [0.25, 0.3) is 0 Å². The van der Waals surface area contributed by atoms with E-state index >= 15 is 0 Å². The van der Waals surface area contributed by atoms with Crippen molar-refractivity contribution in [2.45, 2.75) is 44.3 Å². The fourth-order valence-electron chi connectivity index (χ4n) is 5.09. The molecule has 1 atom stereocenters. The predicted molar refractivity (Wildman–Crippen MR) is 138 cm³/mol. The summed E-state index contributed by atoms with van der Waals surface area (Å²) in [5.74, 6) is 0.790. The fourth-order valence-corrected chi connectivity index (χ4v) is 9.60. The average molecular weight is 474 g/mol. The highest BCUT2D eigenvalue weighted by molar-refractivity contribution is 6.99. The van der Waals surface area contributed by atoms with Crippen LogP contribution in [0.1, 0.15) is 39.2 Å². The van der Waals surface area contributed by atoms with E-state index in [2.05, 4.69) is 75.4 Å². The van der Waals surface area contributed by atoms with Gasteiger partial charge in [-0.2, -0.15) is 0 Å². The number of nitro groups is 1. The maximum absolute atomic E-state index is 11.2. The maximum Gasteiger partial charge on any atom is 0.319 e. The summed E-state index contributed by atoms with van der Waals surface area (Å²) < 4.78 is 13.5. The Labute approximate surface area is 202 Å². The van der Waals surface area contributed by atoms with Crippen LogP contribution in [0.2, 0.25) is 5.04 Å². The zero-order valence-corrected chi connectivity index (χ0v) is 21.2. The summed E-state index contributed by atoms with van der Waals surface area (Å²) in [6, 6.07) is 27.6. The van der Waals surface area contributed by atoms with Crippen molar-refractivity contribution in [2.75, 3.05) is 7.11 Å². The van der Waals surface area contributed by atoms with Crippen molar-refractivity contribution < 1.29 is 14.1 Å². The zero-order chi connectivity index (χ0) is 24.4. The number of hydrogen-bond acceptors (Lipinski definition) is 4. The van der Waals surface area contributed by atoms with Crippen LogP contribution >= 0.6 is 0 Å². The lowest BCUT2D eigenvalue weighted by molar-refractivity contribution is -0.384. The van der Waals surface area contributed by atoms with Crippen LogP contribution in [0.3, 0.4) is 0 Å². The van der Waals surface area contributed by atoms with E-state index in [1.54, 1.807) is 19.2 Å². The number of methoxy groups -OCH3 is 1. The van der Waals surface area contributed by atoms with Gasteiger partial charge >= 0.3 is 8.32 Å². The Bertz CT molecular complexity index is 1130. The van der Waals surface area contributed by atoms with Gasteiger partial charge in [-0.15, -0.1) is 0 Å². The Balaban J connectivity index is 1.88. The molecule has 1 unspecified atom stereocenters. The summed E-state index contributed by atoms with van der Waals surface area (Å²) in [7, 11) is -1.15. The van der Waals surface area contributed by atoms with Crippen molar-refractivity contribution in [2.24, 2.45) is 0 Å². The highest BCUT2D eigenvalue weighted by Gasteiger charge is 2.55. The van der Waals surface area contributed by atoms with E-state index in [1.165, 1.54) is 22.5 Å².